The highest BCUT2D eigenvalue weighted by Crippen LogP contribution is 2.10. The second-order valence-corrected chi connectivity index (χ2v) is 3.63. The van der Waals surface area contributed by atoms with Gasteiger partial charge in [-0.15, -0.1) is 10.2 Å². The second-order valence-electron chi connectivity index (χ2n) is 3.63. The van der Waals surface area contributed by atoms with Crippen LogP contribution >= 0.6 is 0 Å². The first-order chi connectivity index (χ1) is 5.88. The molecule has 72 valence electrons. The third-order valence-corrected chi connectivity index (χ3v) is 1.10. The van der Waals surface area contributed by atoms with E-state index in [0.717, 1.165) is 0 Å². The molecule has 0 unspecified atom stereocenters. The van der Waals surface area contributed by atoms with E-state index in [0.29, 0.717) is 5.89 Å². The van der Waals surface area contributed by atoms with Gasteiger partial charge in [0, 0.05) is 6.92 Å². The summed E-state index contributed by atoms with van der Waals surface area (Å²) in [4.78, 5) is 11.3. The minimum Gasteiger partial charge on any atom is -0.453 e. The van der Waals surface area contributed by atoms with Crippen LogP contribution in [0.5, 0.6) is 0 Å². The third-order valence-electron chi connectivity index (χ3n) is 1.10. The van der Waals surface area contributed by atoms with E-state index >= 15 is 0 Å². The van der Waals surface area contributed by atoms with E-state index in [1.807, 2.05) is 0 Å². The van der Waals surface area contributed by atoms with Crippen LogP contribution in [0.3, 0.4) is 0 Å². The summed E-state index contributed by atoms with van der Waals surface area (Å²) in [5, 5.41) is 7.06. The molecular weight excluding hydrogens is 172 g/mol. The maximum atomic E-state index is 11.3. The van der Waals surface area contributed by atoms with Crippen molar-refractivity contribution in [2.24, 2.45) is 0 Å². The minimum atomic E-state index is -0.590. The summed E-state index contributed by atoms with van der Waals surface area (Å²) >= 11 is 0. The van der Waals surface area contributed by atoms with Gasteiger partial charge in [0.15, 0.2) is 0 Å². The normalized spacial score (nSPS) is 11.4. The number of nitrogens with zero attached hydrogens (tertiary/aromatic N) is 2. The average Bonchev–Trinajstić information content (AvgIpc) is 2.31. The Hall–Kier alpha value is -1.39. The number of aryl methyl sites for hydroxylation is 1. The third kappa shape index (κ3) is 2.85. The molecule has 0 atom stereocenters. The molecule has 5 heteroatoms. The van der Waals surface area contributed by atoms with Gasteiger partial charge in [-0.25, -0.2) is 4.79 Å². The van der Waals surface area contributed by atoms with Gasteiger partial charge in [-0.3, -0.25) is 0 Å². The van der Waals surface area contributed by atoms with Gasteiger partial charge in [-0.05, 0) is 20.8 Å². The largest absolute Gasteiger partial charge is 0.453 e. The van der Waals surface area contributed by atoms with Gasteiger partial charge in [-0.1, -0.05) is 0 Å². The quantitative estimate of drug-likeness (QED) is 0.616. The van der Waals surface area contributed by atoms with Crippen molar-refractivity contribution in [1.82, 2.24) is 10.2 Å². The summed E-state index contributed by atoms with van der Waals surface area (Å²) in [6, 6.07) is 0. The lowest BCUT2D eigenvalue weighted by Crippen LogP contribution is -2.24. The molecule has 0 aromatic carbocycles. The molecule has 0 N–H and O–H groups in total. The fourth-order valence-electron chi connectivity index (χ4n) is 0.701. The van der Waals surface area contributed by atoms with E-state index in [2.05, 4.69) is 10.2 Å². The number of aromatic nitrogens is 2. The molecule has 0 amide bonds. The summed E-state index contributed by atoms with van der Waals surface area (Å²) in [5.74, 6) is -0.346. The van der Waals surface area contributed by atoms with Crippen LogP contribution in [-0.2, 0) is 4.74 Å². The zero-order chi connectivity index (χ0) is 10.1. The number of carbonyl (C=O) groups excluding carboxylic acids is 1. The number of ether oxygens (including phenoxy) is 1. The fraction of sp³-hybridized carbons (Fsp3) is 0.625. The zero-order valence-corrected chi connectivity index (χ0v) is 8.12. The van der Waals surface area contributed by atoms with Crippen LogP contribution in [0.4, 0.5) is 0 Å². The summed E-state index contributed by atoms with van der Waals surface area (Å²) in [6.07, 6.45) is 0. The minimum absolute atomic E-state index is 0.104. The van der Waals surface area contributed by atoms with Crippen molar-refractivity contribution in [2.45, 2.75) is 33.3 Å². The van der Waals surface area contributed by atoms with E-state index in [4.69, 9.17) is 9.15 Å². The molecule has 0 fully saturated rings. The van der Waals surface area contributed by atoms with Gasteiger partial charge >= 0.3 is 11.9 Å². The molecule has 0 aliphatic heterocycles. The van der Waals surface area contributed by atoms with Crippen LogP contribution in [0.2, 0.25) is 0 Å². The van der Waals surface area contributed by atoms with Crippen LogP contribution < -0.4 is 0 Å². The maximum Gasteiger partial charge on any atom is 0.396 e. The van der Waals surface area contributed by atoms with Crippen molar-refractivity contribution >= 4 is 5.97 Å². The fourth-order valence-corrected chi connectivity index (χ4v) is 0.701. The van der Waals surface area contributed by atoms with Gasteiger partial charge in [0.1, 0.15) is 5.60 Å². The van der Waals surface area contributed by atoms with Crippen molar-refractivity contribution in [3.05, 3.63) is 11.8 Å². The van der Waals surface area contributed by atoms with E-state index < -0.39 is 11.6 Å². The van der Waals surface area contributed by atoms with E-state index in [1.165, 1.54) is 0 Å². The van der Waals surface area contributed by atoms with Crippen molar-refractivity contribution in [3.63, 3.8) is 0 Å². The highest BCUT2D eigenvalue weighted by molar-refractivity contribution is 5.84. The Kier molecular flexibility index (Phi) is 2.36. The summed E-state index contributed by atoms with van der Waals surface area (Å²) < 4.78 is 9.90. The maximum absolute atomic E-state index is 11.3. The molecule has 1 aromatic rings. The molecule has 1 heterocycles. The smallest absolute Gasteiger partial charge is 0.396 e. The Balaban J connectivity index is 2.70. The Morgan fingerprint density at radius 2 is 2.00 bits per heavy atom. The van der Waals surface area contributed by atoms with Gasteiger partial charge in [0.05, 0.1) is 0 Å². The van der Waals surface area contributed by atoms with Crippen molar-refractivity contribution < 1.29 is 13.9 Å². The SMILES string of the molecule is Cc1nnc(C(=O)OC(C)(C)C)o1. The molecule has 1 rings (SSSR count). The summed E-state index contributed by atoms with van der Waals surface area (Å²) in [5.41, 5.74) is -0.542. The molecule has 0 aliphatic carbocycles. The van der Waals surface area contributed by atoms with Crippen molar-refractivity contribution in [3.8, 4) is 0 Å². The van der Waals surface area contributed by atoms with Crippen LogP contribution in [0, 0.1) is 6.92 Å². The van der Waals surface area contributed by atoms with E-state index in [9.17, 15) is 4.79 Å². The Morgan fingerprint density at radius 3 is 2.38 bits per heavy atom. The molecule has 0 saturated carbocycles. The Morgan fingerprint density at radius 1 is 1.38 bits per heavy atom. The number of rotatable bonds is 1. The molecule has 0 bridgehead atoms. The molecular formula is C8H12N2O3. The summed E-state index contributed by atoms with van der Waals surface area (Å²) in [6.45, 7) is 6.93. The Bertz CT molecular complexity index is 311. The average molecular weight is 184 g/mol. The van der Waals surface area contributed by atoms with Crippen LogP contribution in [-0.4, -0.2) is 21.8 Å². The predicted molar refractivity (Wildman–Crippen MR) is 44.2 cm³/mol. The lowest BCUT2D eigenvalue weighted by Gasteiger charge is -2.17. The zero-order valence-electron chi connectivity index (χ0n) is 8.12. The summed E-state index contributed by atoms with van der Waals surface area (Å²) in [7, 11) is 0. The van der Waals surface area contributed by atoms with E-state index in [1.54, 1.807) is 27.7 Å². The predicted octanol–water partition coefficient (Wildman–Crippen LogP) is 1.33. The molecule has 0 aliphatic rings. The standard InChI is InChI=1S/C8H12N2O3/c1-5-9-10-6(12-5)7(11)13-8(2,3)4/h1-4H3. The first kappa shape index (κ1) is 9.70. The van der Waals surface area contributed by atoms with Crippen molar-refractivity contribution in [1.29, 1.82) is 0 Å². The van der Waals surface area contributed by atoms with Crippen LogP contribution in [0.15, 0.2) is 4.42 Å². The molecule has 0 saturated heterocycles. The molecule has 0 radical (unpaired) electrons. The molecule has 5 nitrogen and oxygen atoms in total. The van der Waals surface area contributed by atoms with Crippen LogP contribution in [0.1, 0.15) is 37.3 Å². The molecule has 1 aromatic heterocycles. The Labute approximate surface area is 76.1 Å². The second kappa shape index (κ2) is 3.16. The lowest BCUT2D eigenvalue weighted by atomic mass is 10.2. The number of hydrogen-bond acceptors (Lipinski definition) is 5. The topological polar surface area (TPSA) is 65.2 Å². The number of esters is 1. The van der Waals surface area contributed by atoms with Gasteiger partial charge in [-0.2, -0.15) is 0 Å². The number of carbonyl (C=O) groups is 1. The lowest BCUT2D eigenvalue weighted by molar-refractivity contribution is 0.00259. The van der Waals surface area contributed by atoms with Gasteiger partial charge in [0.25, 0.3) is 0 Å². The van der Waals surface area contributed by atoms with Crippen molar-refractivity contribution in [2.75, 3.05) is 0 Å². The first-order valence-corrected chi connectivity index (χ1v) is 3.92. The van der Waals surface area contributed by atoms with Gasteiger partial charge < -0.3 is 9.15 Å². The van der Waals surface area contributed by atoms with E-state index in [-0.39, 0.29) is 5.89 Å². The van der Waals surface area contributed by atoms with Crippen LogP contribution in [0.25, 0.3) is 0 Å². The monoisotopic (exact) mass is 184 g/mol. The number of hydrogen-bond donors (Lipinski definition) is 0. The highest BCUT2D eigenvalue weighted by Gasteiger charge is 2.22. The molecule has 0 spiro atoms. The highest BCUT2D eigenvalue weighted by atomic mass is 16.6. The van der Waals surface area contributed by atoms with Gasteiger partial charge in [0.2, 0.25) is 5.89 Å². The molecule has 13 heavy (non-hydrogen) atoms. The first-order valence-electron chi connectivity index (χ1n) is 3.92.